The number of halogens is 4. The summed E-state index contributed by atoms with van der Waals surface area (Å²) in [6, 6.07) is 5.97. The van der Waals surface area contributed by atoms with Gasteiger partial charge in [-0.1, -0.05) is 40.9 Å². The Morgan fingerprint density at radius 1 is 1.28 bits per heavy atom. The van der Waals surface area contributed by atoms with Gasteiger partial charge in [0.25, 0.3) is 0 Å². The molecule has 96 valence electrons. The second-order valence-electron chi connectivity index (χ2n) is 3.70. The van der Waals surface area contributed by atoms with Crippen LogP contribution in [0.4, 0.5) is 4.39 Å². The molecule has 0 amide bonds. The molecule has 1 heterocycles. The van der Waals surface area contributed by atoms with Crippen molar-refractivity contribution in [3.63, 3.8) is 0 Å². The van der Waals surface area contributed by atoms with Crippen LogP contribution in [0.25, 0.3) is 0 Å². The zero-order chi connectivity index (χ0) is 13.3. The first kappa shape index (κ1) is 14.1. The minimum Gasteiger partial charge on any atom is -0.388 e. The van der Waals surface area contributed by atoms with E-state index in [-0.39, 0.29) is 17.0 Å². The van der Waals surface area contributed by atoms with E-state index in [4.69, 9.17) is 34.8 Å². The van der Waals surface area contributed by atoms with Gasteiger partial charge in [-0.15, -0.1) is 11.3 Å². The highest BCUT2D eigenvalue weighted by Gasteiger charge is 2.18. The zero-order valence-corrected chi connectivity index (χ0v) is 12.0. The van der Waals surface area contributed by atoms with E-state index in [0.29, 0.717) is 14.2 Å². The quantitative estimate of drug-likeness (QED) is 0.830. The van der Waals surface area contributed by atoms with E-state index in [1.165, 1.54) is 12.1 Å². The molecule has 0 radical (unpaired) electrons. The maximum Gasteiger partial charge on any atom is 0.127 e. The lowest BCUT2D eigenvalue weighted by molar-refractivity contribution is 0.177. The van der Waals surface area contributed by atoms with Gasteiger partial charge in [-0.2, -0.15) is 0 Å². The third-order valence-corrected chi connectivity index (χ3v) is 4.37. The third kappa shape index (κ3) is 2.98. The molecule has 18 heavy (non-hydrogen) atoms. The molecule has 1 aromatic carbocycles. The van der Waals surface area contributed by atoms with Crippen molar-refractivity contribution in [2.45, 2.75) is 12.5 Å². The topological polar surface area (TPSA) is 20.2 Å². The molecule has 2 rings (SSSR count). The molecule has 1 atom stereocenters. The van der Waals surface area contributed by atoms with Gasteiger partial charge in [0.2, 0.25) is 0 Å². The van der Waals surface area contributed by atoms with Gasteiger partial charge in [-0.05, 0) is 18.2 Å². The summed E-state index contributed by atoms with van der Waals surface area (Å²) in [5.74, 6) is -0.445. The van der Waals surface area contributed by atoms with Crippen LogP contribution in [0.1, 0.15) is 17.2 Å². The molecule has 6 heteroatoms. The van der Waals surface area contributed by atoms with Gasteiger partial charge in [-0.25, -0.2) is 4.39 Å². The average molecular weight is 326 g/mol. The second kappa shape index (κ2) is 5.76. The molecule has 0 aliphatic heterocycles. The van der Waals surface area contributed by atoms with Gasteiger partial charge in [0.05, 0.1) is 10.4 Å². The number of aliphatic hydroxyl groups is 1. The summed E-state index contributed by atoms with van der Waals surface area (Å²) < 4.78 is 14.5. The van der Waals surface area contributed by atoms with Crippen LogP contribution < -0.4 is 0 Å². The van der Waals surface area contributed by atoms with Crippen molar-refractivity contribution in [3.8, 4) is 0 Å². The van der Waals surface area contributed by atoms with Crippen molar-refractivity contribution in [2.75, 3.05) is 0 Å². The van der Waals surface area contributed by atoms with Gasteiger partial charge in [-0.3, -0.25) is 0 Å². The van der Waals surface area contributed by atoms with Gasteiger partial charge < -0.3 is 5.11 Å². The Hall–Kier alpha value is -0.320. The fraction of sp³-hybridized carbons (Fsp3) is 0.167. The van der Waals surface area contributed by atoms with Gasteiger partial charge >= 0.3 is 0 Å². The smallest absolute Gasteiger partial charge is 0.127 e. The van der Waals surface area contributed by atoms with Crippen LogP contribution >= 0.6 is 46.1 Å². The lowest BCUT2D eigenvalue weighted by Gasteiger charge is -2.11. The Kier molecular flexibility index (Phi) is 4.51. The Labute approximate surface area is 123 Å². The van der Waals surface area contributed by atoms with E-state index in [1.54, 1.807) is 12.1 Å². The molecule has 0 saturated carbocycles. The normalized spacial score (nSPS) is 12.7. The Morgan fingerprint density at radius 3 is 2.56 bits per heavy atom. The standard InChI is InChI=1S/C12H8Cl3FOS/c13-8-2-1-3-9(16)6(8)4-10(17)7-5-11(14)18-12(7)15/h1-3,5,10,17H,4H2. The van der Waals surface area contributed by atoms with Gasteiger partial charge in [0.1, 0.15) is 10.2 Å². The first-order valence-corrected chi connectivity index (χ1v) is 6.99. The minimum absolute atomic E-state index is 0.0539. The van der Waals surface area contributed by atoms with Crippen LogP contribution in [0.5, 0.6) is 0 Å². The maximum absolute atomic E-state index is 13.6. The highest BCUT2D eigenvalue weighted by molar-refractivity contribution is 7.20. The monoisotopic (exact) mass is 324 g/mol. The average Bonchev–Trinajstić information content (AvgIpc) is 2.63. The lowest BCUT2D eigenvalue weighted by atomic mass is 10.0. The lowest BCUT2D eigenvalue weighted by Crippen LogP contribution is -2.03. The second-order valence-corrected chi connectivity index (χ2v) is 6.39. The number of aliphatic hydroxyl groups excluding tert-OH is 1. The van der Waals surface area contributed by atoms with Crippen molar-refractivity contribution in [2.24, 2.45) is 0 Å². The molecule has 1 nitrogen and oxygen atoms in total. The van der Waals surface area contributed by atoms with E-state index in [2.05, 4.69) is 0 Å². The number of benzene rings is 1. The molecule has 0 spiro atoms. The molecule has 1 aromatic heterocycles. The largest absolute Gasteiger partial charge is 0.388 e. The highest BCUT2D eigenvalue weighted by Crippen LogP contribution is 2.37. The molecule has 2 aromatic rings. The highest BCUT2D eigenvalue weighted by atomic mass is 35.5. The van der Waals surface area contributed by atoms with Gasteiger partial charge in [0, 0.05) is 22.6 Å². The van der Waals surface area contributed by atoms with Crippen molar-refractivity contribution in [3.05, 3.63) is 54.9 Å². The fourth-order valence-corrected chi connectivity index (χ4v) is 3.42. The van der Waals surface area contributed by atoms with Crippen LogP contribution in [0.2, 0.25) is 13.7 Å². The summed E-state index contributed by atoms with van der Waals surface area (Å²) in [4.78, 5) is 0. The van der Waals surface area contributed by atoms with Crippen LogP contribution in [-0.2, 0) is 6.42 Å². The van der Waals surface area contributed by atoms with Crippen LogP contribution in [-0.4, -0.2) is 5.11 Å². The molecular weight excluding hydrogens is 318 g/mol. The van der Waals surface area contributed by atoms with Gasteiger partial charge in [0.15, 0.2) is 0 Å². The van der Waals surface area contributed by atoms with Crippen molar-refractivity contribution in [1.29, 1.82) is 0 Å². The summed E-state index contributed by atoms with van der Waals surface area (Å²) in [6.07, 6.45) is -0.881. The predicted octanol–water partition coefficient (Wildman–Crippen LogP) is 5.12. The summed E-state index contributed by atoms with van der Waals surface area (Å²) in [6.45, 7) is 0. The van der Waals surface area contributed by atoms with Crippen LogP contribution in [0.3, 0.4) is 0 Å². The molecule has 0 saturated heterocycles. The third-order valence-electron chi connectivity index (χ3n) is 2.50. The Bertz CT molecular complexity index is 550. The minimum atomic E-state index is -0.935. The van der Waals surface area contributed by atoms with E-state index in [1.807, 2.05) is 0 Å². The van der Waals surface area contributed by atoms with E-state index in [0.717, 1.165) is 11.3 Å². The number of hydrogen-bond donors (Lipinski definition) is 1. The first-order chi connectivity index (χ1) is 8.49. The summed E-state index contributed by atoms with van der Waals surface area (Å²) in [7, 11) is 0. The number of thiophene rings is 1. The van der Waals surface area contributed by atoms with Crippen LogP contribution in [0.15, 0.2) is 24.3 Å². The number of hydrogen-bond acceptors (Lipinski definition) is 2. The molecular formula is C12H8Cl3FOS. The summed E-state index contributed by atoms with van der Waals surface area (Å²) in [5, 5.41) is 10.3. The van der Waals surface area contributed by atoms with E-state index in [9.17, 15) is 9.50 Å². The first-order valence-electron chi connectivity index (χ1n) is 5.04. The Morgan fingerprint density at radius 2 is 2.00 bits per heavy atom. The number of rotatable bonds is 3. The zero-order valence-electron chi connectivity index (χ0n) is 8.96. The maximum atomic E-state index is 13.6. The van der Waals surface area contributed by atoms with Crippen molar-refractivity contribution >= 4 is 46.1 Å². The predicted molar refractivity (Wildman–Crippen MR) is 74.4 cm³/mol. The summed E-state index contributed by atoms with van der Waals surface area (Å²) in [5.41, 5.74) is 0.760. The Balaban J connectivity index is 2.26. The van der Waals surface area contributed by atoms with Crippen LogP contribution in [0, 0.1) is 5.82 Å². The molecule has 1 unspecified atom stereocenters. The van der Waals surface area contributed by atoms with Crippen molar-refractivity contribution in [1.82, 2.24) is 0 Å². The summed E-state index contributed by atoms with van der Waals surface area (Å²) >= 11 is 18.8. The molecule has 0 bridgehead atoms. The molecule has 1 N–H and O–H groups in total. The molecule has 0 aliphatic rings. The van der Waals surface area contributed by atoms with Crippen molar-refractivity contribution < 1.29 is 9.50 Å². The van der Waals surface area contributed by atoms with E-state index < -0.39 is 11.9 Å². The van der Waals surface area contributed by atoms with E-state index >= 15 is 0 Å². The SMILES string of the molecule is OC(Cc1c(F)cccc1Cl)c1cc(Cl)sc1Cl. The fourth-order valence-electron chi connectivity index (χ4n) is 1.61. The molecule has 0 fully saturated rings. The molecule has 0 aliphatic carbocycles.